The third-order valence-corrected chi connectivity index (χ3v) is 3.43. The van der Waals surface area contributed by atoms with Gasteiger partial charge in [0, 0.05) is 11.8 Å². The van der Waals surface area contributed by atoms with E-state index in [-0.39, 0.29) is 18.4 Å². The van der Waals surface area contributed by atoms with E-state index in [2.05, 4.69) is 27.1 Å². The molecule has 0 aromatic carbocycles. The number of hydrogen-bond acceptors (Lipinski definition) is 5. The minimum absolute atomic E-state index is 0.0727. The first-order chi connectivity index (χ1) is 9.39. The van der Waals surface area contributed by atoms with Crippen LogP contribution in [-0.4, -0.2) is 42.6 Å². The molecule has 0 radical (unpaired) electrons. The lowest BCUT2D eigenvalue weighted by Crippen LogP contribution is -2.37. The first-order valence-electron chi connectivity index (χ1n) is 6.57. The maximum absolute atomic E-state index is 11.9. The van der Waals surface area contributed by atoms with Crippen molar-refractivity contribution in [2.45, 2.75) is 37.8 Å². The summed E-state index contributed by atoms with van der Waals surface area (Å²) < 4.78 is 45.5. The van der Waals surface area contributed by atoms with Gasteiger partial charge in [-0.1, -0.05) is 12.1 Å². The monoisotopic (exact) mass is 293 g/mol. The molecule has 0 spiro atoms. The number of piperidine rings is 1. The van der Waals surface area contributed by atoms with E-state index in [1.54, 1.807) is 0 Å². The van der Waals surface area contributed by atoms with Gasteiger partial charge in [-0.3, -0.25) is 0 Å². The highest BCUT2D eigenvalue weighted by Crippen LogP contribution is 2.31. The Morgan fingerprint density at radius 3 is 2.70 bits per heavy atom. The summed E-state index contributed by atoms with van der Waals surface area (Å²) >= 11 is 0. The summed E-state index contributed by atoms with van der Waals surface area (Å²) in [5, 5.41) is 7.06. The van der Waals surface area contributed by atoms with Crippen molar-refractivity contribution in [3.8, 4) is 0 Å². The van der Waals surface area contributed by atoms with Crippen molar-refractivity contribution in [3.63, 3.8) is 0 Å². The molecule has 0 saturated carbocycles. The predicted molar refractivity (Wildman–Crippen MR) is 64.3 cm³/mol. The molecular formula is C12H18F3N3O2. The minimum Gasteiger partial charge on any atom is -0.372 e. The molecule has 0 bridgehead atoms. The van der Waals surface area contributed by atoms with Crippen LogP contribution in [0.5, 0.6) is 0 Å². The molecule has 2 rings (SSSR count). The fourth-order valence-electron chi connectivity index (χ4n) is 2.14. The third-order valence-electron chi connectivity index (χ3n) is 3.43. The van der Waals surface area contributed by atoms with E-state index >= 15 is 0 Å². The quantitative estimate of drug-likeness (QED) is 0.839. The van der Waals surface area contributed by atoms with Crippen LogP contribution < -0.4 is 5.32 Å². The Hall–Kier alpha value is -1.15. The van der Waals surface area contributed by atoms with E-state index in [9.17, 15) is 13.2 Å². The topological polar surface area (TPSA) is 60.2 Å². The molecule has 1 aliphatic rings. The van der Waals surface area contributed by atoms with Gasteiger partial charge in [0.05, 0.1) is 6.61 Å². The normalized spacial score (nSPS) is 19.2. The maximum atomic E-state index is 11.9. The minimum atomic E-state index is -4.30. The first-order valence-corrected chi connectivity index (χ1v) is 6.57. The Bertz CT molecular complexity index is 428. The first kappa shape index (κ1) is 15.2. The van der Waals surface area contributed by atoms with E-state index in [0.717, 1.165) is 25.9 Å². The summed E-state index contributed by atoms with van der Waals surface area (Å²) in [6.07, 6.45) is -2.28. The highest BCUT2D eigenvalue weighted by molar-refractivity contribution is 5.05. The van der Waals surface area contributed by atoms with Crippen LogP contribution in [0.1, 0.15) is 31.5 Å². The second-order valence-corrected chi connectivity index (χ2v) is 5.24. The lowest BCUT2D eigenvalue weighted by Gasteiger charge is -2.30. The molecule has 114 valence electrons. The number of rotatable bonds is 5. The molecule has 0 atom stereocenters. The SMILES string of the molecule is CC1(c2nc(CCOCC(F)(F)F)no2)CCNCC1. The Morgan fingerprint density at radius 2 is 2.05 bits per heavy atom. The molecule has 0 unspecified atom stereocenters. The number of nitrogens with zero attached hydrogens (tertiary/aromatic N) is 2. The second-order valence-electron chi connectivity index (χ2n) is 5.24. The van der Waals surface area contributed by atoms with Gasteiger partial charge in [-0.05, 0) is 25.9 Å². The van der Waals surface area contributed by atoms with E-state index in [1.165, 1.54) is 0 Å². The summed E-state index contributed by atoms with van der Waals surface area (Å²) in [5.41, 5.74) is -0.149. The molecular weight excluding hydrogens is 275 g/mol. The lowest BCUT2D eigenvalue weighted by atomic mass is 9.81. The largest absolute Gasteiger partial charge is 0.411 e. The molecule has 5 nitrogen and oxygen atoms in total. The van der Waals surface area contributed by atoms with Crippen LogP contribution in [0.2, 0.25) is 0 Å². The van der Waals surface area contributed by atoms with Gasteiger partial charge in [0.15, 0.2) is 5.82 Å². The molecule has 1 fully saturated rings. The average Bonchev–Trinajstić information content (AvgIpc) is 2.84. The van der Waals surface area contributed by atoms with Crippen LogP contribution in [0.3, 0.4) is 0 Å². The number of hydrogen-bond donors (Lipinski definition) is 1. The van der Waals surface area contributed by atoms with E-state index in [0.29, 0.717) is 11.7 Å². The van der Waals surface area contributed by atoms with E-state index < -0.39 is 12.8 Å². The predicted octanol–water partition coefficient (Wildman–Crippen LogP) is 1.83. The van der Waals surface area contributed by atoms with Crippen molar-refractivity contribution >= 4 is 0 Å². The van der Waals surface area contributed by atoms with Gasteiger partial charge in [0.2, 0.25) is 5.89 Å². The smallest absolute Gasteiger partial charge is 0.372 e. The number of nitrogens with one attached hydrogen (secondary N) is 1. The molecule has 20 heavy (non-hydrogen) atoms. The standard InChI is InChI=1S/C12H18F3N3O2/c1-11(3-5-16-6-4-11)10-17-9(18-20-10)2-7-19-8-12(13,14)15/h16H,2-8H2,1H3. The zero-order valence-corrected chi connectivity index (χ0v) is 11.3. The summed E-state index contributed by atoms with van der Waals surface area (Å²) in [7, 11) is 0. The fraction of sp³-hybridized carbons (Fsp3) is 0.833. The number of aromatic nitrogens is 2. The van der Waals surface area contributed by atoms with Crippen LogP contribution >= 0.6 is 0 Å². The van der Waals surface area contributed by atoms with Gasteiger partial charge in [-0.25, -0.2) is 0 Å². The molecule has 0 amide bonds. The molecule has 2 heterocycles. The Balaban J connectivity index is 1.83. The van der Waals surface area contributed by atoms with Gasteiger partial charge in [-0.15, -0.1) is 0 Å². The van der Waals surface area contributed by atoms with Gasteiger partial charge in [-0.2, -0.15) is 18.2 Å². The van der Waals surface area contributed by atoms with Crippen LogP contribution in [0.15, 0.2) is 4.52 Å². The summed E-state index contributed by atoms with van der Waals surface area (Å²) in [6, 6.07) is 0. The van der Waals surface area contributed by atoms with Crippen molar-refractivity contribution < 1.29 is 22.4 Å². The zero-order valence-electron chi connectivity index (χ0n) is 11.3. The van der Waals surface area contributed by atoms with Crippen molar-refractivity contribution in [1.82, 2.24) is 15.5 Å². The second kappa shape index (κ2) is 6.09. The zero-order chi connectivity index (χ0) is 14.6. The lowest BCUT2D eigenvalue weighted by molar-refractivity contribution is -0.173. The molecule has 1 aliphatic heterocycles. The van der Waals surface area contributed by atoms with E-state index in [1.807, 2.05) is 0 Å². The van der Waals surface area contributed by atoms with Crippen molar-refractivity contribution in [2.75, 3.05) is 26.3 Å². The Kier molecular flexibility index (Phi) is 4.64. The molecule has 1 N–H and O–H groups in total. The summed E-state index contributed by atoms with van der Waals surface area (Å²) in [6.45, 7) is 2.52. The van der Waals surface area contributed by atoms with Crippen LogP contribution in [0.4, 0.5) is 13.2 Å². The van der Waals surface area contributed by atoms with Crippen LogP contribution in [0, 0.1) is 0 Å². The Labute approximate surface area is 114 Å². The fourth-order valence-corrected chi connectivity index (χ4v) is 2.14. The molecule has 1 aromatic rings. The average molecular weight is 293 g/mol. The number of ether oxygens (including phenoxy) is 1. The van der Waals surface area contributed by atoms with Crippen molar-refractivity contribution in [2.24, 2.45) is 0 Å². The maximum Gasteiger partial charge on any atom is 0.411 e. The number of halogens is 3. The Morgan fingerprint density at radius 1 is 1.35 bits per heavy atom. The molecule has 1 aromatic heterocycles. The molecule has 8 heteroatoms. The molecule has 0 aliphatic carbocycles. The van der Waals surface area contributed by atoms with Crippen molar-refractivity contribution in [1.29, 1.82) is 0 Å². The van der Waals surface area contributed by atoms with Crippen LogP contribution in [-0.2, 0) is 16.6 Å². The summed E-state index contributed by atoms with van der Waals surface area (Å²) in [5.74, 6) is 0.951. The van der Waals surface area contributed by atoms with Gasteiger partial charge < -0.3 is 14.6 Å². The highest BCUT2D eigenvalue weighted by atomic mass is 19.4. The highest BCUT2D eigenvalue weighted by Gasteiger charge is 2.34. The summed E-state index contributed by atoms with van der Waals surface area (Å²) in [4.78, 5) is 4.27. The number of alkyl halides is 3. The van der Waals surface area contributed by atoms with Crippen molar-refractivity contribution in [3.05, 3.63) is 11.7 Å². The van der Waals surface area contributed by atoms with Gasteiger partial charge in [0.1, 0.15) is 6.61 Å². The van der Waals surface area contributed by atoms with Gasteiger partial charge in [0.25, 0.3) is 0 Å². The van der Waals surface area contributed by atoms with Gasteiger partial charge >= 0.3 is 6.18 Å². The molecule has 1 saturated heterocycles. The third kappa shape index (κ3) is 4.17. The van der Waals surface area contributed by atoms with Crippen LogP contribution in [0.25, 0.3) is 0 Å². The van der Waals surface area contributed by atoms with E-state index in [4.69, 9.17) is 4.52 Å².